The zero-order valence-electron chi connectivity index (χ0n) is 8.20. The van der Waals surface area contributed by atoms with Crippen molar-refractivity contribution in [2.45, 2.75) is 6.42 Å². The number of rotatable bonds is 5. The first kappa shape index (κ1) is 12.3. The van der Waals surface area contributed by atoms with Crippen molar-refractivity contribution >= 4 is 19.7 Å². The summed E-state index contributed by atoms with van der Waals surface area (Å²) in [6.45, 7) is 1.02. The summed E-state index contributed by atoms with van der Waals surface area (Å²) in [5, 5.41) is 0. The summed E-state index contributed by atoms with van der Waals surface area (Å²) in [5.41, 5.74) is 0. The van der Waals surface area contributed by atoms with E-state index >= 15 is 0 Å². The predicted octanol–water partition coefficient (Wildman–Crippen LogP) is 0.776. The molecule has 0 atom stereocenters. The molecule has 0 aliphatic rings. The van der Waals surface area contributed by atoms with Crippen molar-refractivity contribution in [3.05, 3.63) is 0 Å². The Morgan fingerprint density at radius 1 is 1.25 bits per heavy atom. The molecule has 3 nitrogen and oxygen atoms in total. The molecule has 12 heavy (non-hydrogen) atoms. The summed E-state index contributed by atoms with van der Waals surface area (Å²) in [5.74, 6) is 0.703. The highest BCUT2D eigenvalue weighted by molar-refractivity contribution is 8.71. The SMILES string of the molecule is C[N+](C)(C)CCCSS(C)(=O)=O. The van der Waals surface area contributed by atoms with Crippen LogP contribution in [0.4, 0.5) is 0 Å². The average molecular weight is 212 g/mol. The van der Waals surface area contributed by atoms with Gasteiger partial charge < -0.3 is 4.48 Å². The lowest BCUT2D eigenvalue weighted by Gasteiger charge is -2.23. The molecule has 0 aliphatic heterocycles. The van der Waals surface area contributed by atoms with Gasteiger partial charge in [0, 0.05) is 18.4 Å². The smallest absolute Gasteiger partial charge is 0.198 e. The molecule has 0 fully saturated rings. The third kappa shape index (κ3) is 10.3. The van der Waals surface area contributed by atoms with Gasteiger partial charge in [-0.2, -0.15) is 0 Å². The summed E-state index contributed by atoms with van der Waals surface area (Å²) < 4.78 is 22.3. The fraction of sp³-hybridized carbons (Fsp3) is 1.00. The molecular formula is C7H18NO2S2+. The van der Waals surface area contributed by atoms with Crippen LogP contribution in [-0.2, 0) is 8.87 Å². The Bertz CT molecular complexity index is 216. The highest BCUT2D eigenvalue weighted by Gasteiger charge is 2.08. The Morgan fingerprint density at radius 2 is 1.75 bits per heavy atom. The van der Waals surface area contributed by atoms with E-state index in [1.54, 1.807) is 0 Å². The van der Waals surface area contributed by atoms with Crippen LogP contribution in [0.2, 0.25) is 0 Å². The summed E-state index contributed by atoms with van der Waals surface area (Å²) in [4.78, 5) is 0. The van der Waals surface area contributed by atoms with Crippen LogP contribution in [0.1, 0.15) is 6.42 Å². The van der Waals surface area contributed by atoms with Crippen LogP contribution in [-0.4, -0.2) is 52.6 Å². The van der Waals surface area contributed by atoms with E-state index in [9.17, 15) is 8.42 Å². The summed E-state index contributed by atoms with van der Waals surface area (Å²) in [7, 11) is 4.51. The van der Waals surface area contributed by atoms with E-state index in [4.69, 9.17) is 0 Å². The first-order chi connectivity index (χ1) is 5.21. The molecule has 0 aromatic carbocycles. The fourth-order valence-corrected chi connectivity index (χ4v) is 2.56. The monoisotopic (exact) mass is 212 g/mol. The Morgan fingerprint density at radius 3 is 2.08 bits per heavy atom. The molecule has 0 aliphatic carbocycles. The van der Waals surface area contributed by atoms with Gasteiger partial charge in [0.2, 0.25) is 0 Å². The zero-order valence-corrected chi connectivity index (χ0v) is 9.83. The molecule has 0 bridgehead atoms. The van der Waals surface area contributed by atoms with Gasteiger partial charge >= 0.3 is 0 Å². The lowest BCUT2D eigenvalue weighted by atomic mass is 10.4. The first-order valence-electron chi connectivity index (χ1n) is 3.85. The van der Waals surface area contributed by atoms with E-state index in [0.29, 0.717) is 5.75 Å². The lowest BCUT2D eigenvalue weighted by molar-refractivity contribution is -0.870. The molecule has 74 valence electrons. The van der Waals surface area contributed by atoms with Gasteiger partial charge in [0.1, 0.15) is 0 Å². The fourth-order valence-electron chi connectivity index (χ4n) is 0.749. The molecule has 0 saturated heterocycles. The van der Waals surface area contributed by atoms with E-state index in [-0.39, 0.29) is 0 Å². The molecule has 0 rings (SSSR count). The van der Waals surface area contributed by atoms with Crippen molar-refractivity contribution in [2.75, 3.05) is 39.7 Å². The standard InChI is InChI=1S/C7H18NO2S2/c1-8(2,3)6-5-7-11-12(4,9)10/h5-7H2,1-4H3/q+1. The van der Waals surface area contributed by atoms with E-state index in [1.807, 2.05) is 0 Å². The third-order valence-electron chi connectivity index (χ3n) is 1.27. The van der Waals surface area contributed by atoms with Gasteiger partial charge in [-0.05, 0) is 10.8 Å². The minimum atomic E-state index is -2.83. The van der Waals surface area contributed by atoms with Gasteiger partial charge in [-0.3, -0.25) is 0 Å². The van der Waals surface area contributed by atoms with Crippen LogP contribution in [0.3, 0.4) is 0 Å². The van der Waals surface area contributed by atoms with Crippen molar-refractivity contribution in [3.8, 4) is 0 Å². The molecule has 0 aromatic heterocycles. The molecule has 0 aromatic rings. The van der Waals surface area contributed by atoms with Crippen LogP contribution in [0.5, 0.6) is 0 Å². The molecule has 0 saturated carbocycles. The number of hydrogen-bond donors (Lipinski definition) is 0. The van der Waals surface area contributed by atoms with Crippen molar-refractivity contribution in [1.29, 1.82) is 0 Å². The molecular weight excluding hydrogens is 194 g/mol. The minimum absolute atomic E-state index is 0.703. The second-order valence-electron chi connectivity index (χ2n) is 3.89. The maximum absolute atomic E-state index is 10.7. The van der Waals surface area contributed by atoms with Crippen LogP contribution in [0, 0.1) is 0 Å². The van der Waals surface area contributed by atoms with E-state index in [0.717, 1.165) is 28.2 Å². The molecule has 0 unspecified atom stereocenters. The Hall–Kier alpha value is 0.260. The quantitative estimate of drug-likeness (QED) is 0.384. The molecule has 0 amide bonds. The summed E-state index contributed by atoms with van der Waals surface area (Å²) in [6, 6.07) is 0. The van der Waals surface area contributed by atoms with E-state index in [2.05, 4.69) is 21.1 Å². The van der Waals surface area contributed by atoms with E-state index < -0.39 is 8.87 Å². The first-order valence-corrected chi connectivity index (χ1v) is 7.25. The largest absolute Gasteiger partial charge is 0.331 e. The summed E-state index contributed by atoms with van der Waals surface area (Å²) >= 11 is 0. The number of quaternary nitrogens is 1. The molecule has 0 spiro atoms. The van der Waals surface area contributed by atoms with Crippen molar-refractivity contribution in [3.63, 3.8) is 0 Å². The third-order valence-corrected chi connectivity index (χ3v) is 3.94. The van der Waals surface area contributed by atoms with Gasteiger partial charge in [-0.15, -0.1) is 0 Å². The second-order valence-corrected chi connectivity index (χ2v) is 8.47. The van der Waals surface area contributed by atoms with Crippen LogP contribution >= 0.6 is 10.8 Å². The van der Waals surface area contributed by atoms with Crippen LogP contribution in [0.25, 0.3) is 0 Å². The highest BCUT2D eigenvalue weighted by atomic mass is 33.1. The van der Waals surface area contributed by atoms with Crippen LogP contribution in [0.15, 0.2) is 0 Å². The van der Waals surface area contributed by atoms with Gasteiger partial charge in [0.05, 0.1) is 27.7 Å². The average Bonchev–Trinajstić information content (AvgIpc) is 1.76. The maximum atomic E-state index is 10.7. The lowest BCUT2D eigenvalue weighted by Crippen LogP contribution is -2.35. The normalized spacial score (nSPS) is 13.3. The molecule has 5 heteroatoms. The Labute approximate surface area is 79.0 Å². The molecule has 0 heterocycles. The molecule has 0 radical (unpaired) electrons. The number of hydrogen-bond acceptors (Lipinski definition) is 3. The Kier molecular flexibility index (Phi) is 4.58. The van der Waals surface area contributed by atoms with Gasteiger partial charge in [0.25, 0.3) is 0 Å². The van der Waals surface area contributed by atoms with Crippen molar-refractivity contribution in [2.24, 2.45) is 0 Å². The van der Waals surface area contributed by atoms with Crippen LogP contribution < -0.4 is 0 Å². The molecule has 0 N–H and O–H groups in total. The Balaban J connectivity index is 3.48. The van der Waals surface area contributed by atoms with E-state index in [1.165, 1.54) is 6.26 Å². The van der Waals surface area contributed by atoms with Crippen molar-refractivity contribution in [1.82, 2.24) is 0 Å². The van der Waals surface area contributed by atoms with Gasteiger partial charge in [0.15, 0.2) is 8.87 Å². The minimum Gasteiger partial charge on any atom is -0.331 e. The predicted molar refractivity (Wildman–Crippen MR) is 54.8 cm³/mol. The topological polar surface area (TPSA) is 34.1 Å². The zero-order chi connectivity index (χ0) is 9.83. The van der Waals surface area contributed by atoms with Gasteiger partial charge in [-0.1, -0.05) is 0 Å². The number of nitrogens with zero attached hydrogens (tertiary/aromatic N) is 1. The second kappa shape index (κ2) is 4.48. The summed E-state index contributed by atoms with van der Waals surface area (Å²) in [6.07, 6.45) is 2.20. The van der Waals surface area contributed by atoms with Crippen molar-refractivity contribution < 1.29 is 12.9 Å². The maximum Gasteiger partial charge on any atom is 0.198 e. The highest BCUT2D eigenvalue weighted by Crippen LogP contribution is 2.11. The van der Waals surface area contributed by atoms with Gasteiger partial charge in [-0.25, -0.2) is 8.42 Å².